The summed E-state index contributed by atoms with van der Waals surface area (Å²) in [5, 5.41) is 9.45. The quantitative estimate of drug-likeness (QED) is 0.757. The molecule has 5 atom stereocenters. The second-order valence-electron chi connectivity index (χ2n) is 5.39. The van der Waals surface area contributed by atoms with Gasteiger partial charge in [-0.15, -0.1) is 0 Å². The van der Waals surface area contributed by atoms with E-state index in [-0.39, 0.29) is 12.2 Å². The number of hydrogen-bond donors (Lipinski definition) is 2. The fourth-order valence-corrected chi connectivity index (χ4v) is 2.57. The van der Waals surface area contributed by atoms with Gasteiger partial charge in [0.25, 0.3) is 0 Å². The largest absolute Gasteiger partial charge is 0.391 e. The van der Waals surface area contributed by atoms with Crippen LogP contribution in [0.5, 0.6) is 0 Å². The van der Waals surface area contributed by atoms with Crippen molar-refractivity contribution in [3.8, 4) is 0 Å². The van der Waals surface area contributed by atoms with Gasteiger partial charge in [0.05, 0.1) is 18.3 Å². The molecule has 0 heterocycles. The summed E-state index contributed by atoms with van der Waals surface area (Å²) in [5.74, 6) is 1.37. The molecule has 16 heavy (non-hydrogen) atoms. The molecule has 0 saturated heterocycles. The SMILES string of the molecule is CC1CCCC(C(CN)OC(C)C(C)O)C1. The highest BCUT2D eigenvalue weighted by Gasteiger charge is 2.28. The molecule has 0 bridgehead atoms. The highest BCUT2D eigenvalue weighted by atomic mass is 16.5. The highest BCUT2D eigenvalue weighted by Crippen LogP contribution is 2.32. The number of aliphatic hydroxyl groups is 1. The number of aliphatic hydroxyl groups excluding tert-OH is 1. The Kier molecular flexibility index (Phi) is 5.73. The van der Waals surface area contributed by atoms with E-state index in [0.717, 1.165) is 5.92 Å². The topological polar surface area (TPSA) is 55.5 Å². The van der Waals surface area contributed by atoms with E-state index >= 15 is 0 Å². The van der Waals surface area contributed by atoms with E-state index in [0.29, 0.717) is 12.5 Å². The molecular weight excluding hydrogens is 202 g/mol. The predicted octanol–water partition coefficient (Wildman–Crippen LogP) is 1.93. The van der Waals surface area contributed by atoms with Crippen LogP contribution in [0.25, 0.3) is 0 Å². The van der Waals surface area contributed by atoms with Crippen LogP contribution >= 0.6 is 0 Å². The minimum atomic E-state index is -0.421. The first kappa shape index (κ1) is 13.9. The highest BCUT2D eigenvalue weighted by molar-refractivity contribution is 4.79. The van der Waals surface area contributed by atoms with Gasteiger partial charge in [-0.1, -0.05) is 19.8 Å². The lowest BCUT2D eigenvalue weighted by atomic mass is 9.79. The fraction of sp³-hybridized carbons (Fsp3) is 1.00. The number of ether oxygens (including phenoxy) is 1. The van der Waals surface area contributed by atoms with Gasteiger partial charge in [0.1, 0.15) is 0 Å². The molecular formula is C13H27NO2. The van der Waals surface area contributed by atoms with Crippen molar-refractivity contribution in [1.29, 1.82) is 0 Å². The van der Waals surface area contributed by atoms with Crippen molar-refractivity contribution < 1.29 is 9.84 Å². The zero-order valence-electron chi connectivity index (χ0n) is 10.9. The molecule has 5 unspecified atom stereocenters. The second-order valence-corrected chi connectivity index (χ2v) is 5.39. The van der Waals surface area contributed by atoms with Crippen LogP contribution in [0.2, 0.25) is 0 Å². The minimum absolute atomic E-state index is 0.118. The first-order chi connectivity index (χ1) is 7.54. The van der Waals surface area contributed by atoms with Gasteiger partial charge in [0.15, 0.2) is 0 Å². The van der Waals surface area contributed by atoms with E-state index in [1.54, 1.807) is 6.92 Å². The Morgan fingerprint density at radius 3 is 2.56 bits per heavy atom. The third-order valence-electron chi connectivity index (χ3n) is 3.80. The van der Waals surface area contributed by atoms with Crippen LogP contribution < -0.4 is 5.73 Å². The molecule has 1 aliphatic rings. The van der Waals surface area contributed by atoms with Crippen molar-refractivity contribution >= 4 is 0 Å². The Balaban J connectivity index is 2.46. The van der Waals surface area contributed by atoms with Gasteiger partial charge in [0, 0.05) is 6.54 Å². The third-order valence-corrected chi connectivity index (χ3v) is 3.80. The Morgan fingerprint density at radius 2 is 2.06 bits per heavy atom. The summed E-state index contributed by atoms with van der Waals surface area (Å²) >= 11 is 0. The van der Waals surface area contributed by atoms with E-state index in [1.165, 1.54) is 25.7 Å². The Hall–Kier alpha value is -0.120. The molecule has 1 aliphatic carbocycles. The number of hydrogen-bond acceptors (Lipinski definition) is 3. The summed E-state index contributed by atoms with van der Waals surface area (Å²) in [4.78, 5) is 0. The molecule has 1 saturated carbocycles. The van der Waals surface area contributed by atoms with Crippen molar-refractivity contribution in [3.63, 3.8) is 0 Å². The summed E-state index contributed by atoms with van der Waals surface area (Å²) < 4.78 is 5.87. The summed E-state index contributed by atoms with van der Waals surface area (Å²) in [7, 11) is 0. The molecule has 3 N–H and O–H groups in total. The van der Waals surface area contributed by atoms with E-state index in [2.05, 4.69) is 6.92 Å². The molecule has 0 aliphatic heterocycles. The summed E-state index contributed by atoms with van der Waals surface area (Å²) in [6.07, 6.45) is 4.63. The second kappa shape index (κ2) is 6.58. The zero-order valence-corrected chi connectivity index (χ0v) is 10.9. The Bertz CT molecular complexity index is 196. The number of rotatable bonds is 5. The van der Waals surface area contributed by atoms with Crippen LogP contribution in [0.3, 0.4) is 0 Å². The van der Waals surface area contributed by atoms with E-state index < -0.39 is 6.10 Å². The maximum atomic E-state index is 9.45. The van der Waals surface area contributed by atoms with E-state index in [4.69, 9.17) is 10.5 Å². The molecule has 0 spiro atoms. The van der Waals surface area contributed by atoms with Crippen molar-refractivity contribution in [2.75, 3.05) is 6.54 Å². The molecule has 0 aromatic rings. The van der Waals surface area contributed by atoms with Gasteiger partial charge in [-0.3, -0.25) is 0 Å². The van der Waals surface area contributed by atoms with Crippen molar-refractivity contribution in [2.24, 2.45) is 17.6 Å². The summed E-state index contributed by atoms with van der Waals surface area (Å²) in [6, 6.07) is 0. The van der Waals surface area contributed by atoms with Crippen LogP contribution in [0, 0.1) is 11.8 Å². The summed E-state index contributed by atoms with van der Waals surface area (Å²) in [6.45, 7) is 6.55. The van der Waals surface area contributed by atoms with E-state index in [1.807, 2.05) is 6.92 Å². The van der Waals surface area contributed by atoms with Gasteiger partial charge < -0.3 is 15.6 Å². The summed E-state index contributed by atoms with van der Waals surface area (Å²) in [5.41, 5.74) is 5.79. The van der Waals surface area contributed by atoms with Gasteiger partial charge >= 0.3 is 0 Å². The minimum Gasteiger partial charge on any atom is -0.391 e. The Morgan fingerprint density at radius 1 is 1.38 bits per heavy atom. The van der Waals surface area contributed by atoms with Crippen LogP contribution in [-0.4, -0.2) is 30.0 Å². The first-order valence-corrected chi connectivity index (χ1v) is 6.58. The fourth-order valence-electron chi connectivity index (χ4n) is 2.57. The molecule has 1 fully saturated rings. The van der Waals surface area contributed by atoms with Crippen molar-refractivity contribution in [1.82, 2.24) is 0 Å². The monoisotopic (exact) mass is 229 g/mol. The lowest BCUT2D eigenvalue weighted by molar-refractivity contribution is -0.0856. The van der Waals surface area contributed by atoms with Gasteiger partial charge in [-0.2, -0.15) is 0 Å². The van der Waals surface area contributed by atoms with Gasteiger partial charge in [0.2, 0.25) is 0 Å². The maximum Gasteiger partial charge on any atom is 0.0807 e. The predicted molar refractivity (Wildman–Crippen MR) is 66.2 cm³/mol. The lowest BCUT2D eigenvalue weighted by Gasteiger charge is -2.34. The molecule has 0 aromatic carbocycles. The smallest absolute Gasteiger partial charge is 0.0807 e. The first-order valence-electron chi connectivity index (χ1n) is 6.58. The molecule has 3 heteroatoms. The van der Waals surface area contributed by atoms with Crippen molar-refractivity contribution in [3.05, 3.63) is 0 Å². The zero-order chi connectivity index (χ0) is 12.1. The molecule has 3 nitrogen and oxygen atoms in total. The molecule has 0 aromatic heterocycles. The standard InChI is InChI=1S/C13H27NO2/c1-9-5-4-6-12(7-9)13(8-14)16-11(3)10(2)15/h9-13,15H,4-8,14H2,1-3H3. The molecule has 0 amide bonds. The van der Waals surface area contributed by atoms with Crippen LogP contribution in [-0.2, 0) is 4.74 Å². The molecule has 1 rings (SSSR count). The van der Waals surface area contributed by atoms with Crippen LogP contribution in [0.15, 0.2) is 0 Å². The molecule has 0 radical (unpaired) electrons. The van der Waals surface area contributed by atoms with Gasteiger partial charge in [-0.25, -0.2) is 0 Å². The van der Waals surface area contributed by atoms with Crippen LogP contribution in [0.1, 0.15) is 46.5 Å². The molecule has 96 valence electrons. The normalized spacial score (nSPS) is 32.1. The average Bonchev–Trinajstić information content (AvgIpc) is 2.25. The lowest BCUT2D eigenvalue weighted by Crippen LogP contribution is -2.39. The number of nitrogens with two attached hydrogens (primary N) is 1. The van der Waals surface area contributed by atoms with E-state index in [9.17, 15) is 5.11 Å². The van der Waals surface area contributed by atoms with Gasteiger partial charge in [-0.05, 0) is 38.5 Å². The third kappa shape index (κ3) is 4.04. The van der Waals surface area contributed by atoms with Crippen LogP contribution in [0.4, 0.5) is 0 Å². The maximum absolute atomic E-state index is 9.45. The Labute approximate surface area is 99.4 Å². The van der Waals surface area contributed by atoms with Crippen molar-refractivity contribution in [2.45, 2.75) is 64.8 Å². The average molecular weight is 229 g/mol.